The first-order valence-electron chi connectivity index (χ1n) is 4.85. The van der Waals surface area contributed by atoms with Crippen LogP contribution < -0.4 is 10.6 Å². The monoisotopic (exact) mass is 217 g/mol. The van der Waals surface area contributed by atoms with Crippen molar-refractivity contribution in [2.75, 3.05) is 13.7 Å². The highest BCUT2D eigenvalue weighted by molar-refractivity contribution is 5.98. The Morgan fingerprint density at radius 3 is 2.88 bits per heavy atom. The lowest BCUT2D eigenvalue weighted by molar-refractivity contribution is 0.0951. The van der Waals surface area contributed by atoms with Gasteiger partial charge in [0.15, 0.2) is 0 Å². The fourth-order valence-electron chi connectivity index (χ4n) is 1.24. The van der Waals surface area contributed by atoms with Gasteiger partial charge in [-0.1, -0.05) is 24.3 Å². The normalized spacial score (nSPS) is 10.3. The Bertz CT molecular complexity index is 400. The highest BCUT2D eigenvalue weighted by Crippen LogP contribution is 2.10. The number of carbonyl (C=O) groups is 1. The molecule has 1 radical (unpaired) electrons. The van der Waals surface area contributed by atoms with Crippen LogP contribution in [0.5, 0.6) is 0 Å². The zero-order valence-electron chi connectivity index (χ0n) is 8.99. The zero-order valence-corrected chi connectivity index (χ0v) is 8.99. The van der Waals surface area contributed by atoms with Gasteiger partial charge >= 0.3 is 0 Å². The van der Waals surface area contributed by atoms with Crippen molar-refractivity contribution in [1.29, 1.82) is 0 Å². The Morgan fingerprint density at radius 1 is 1.44 bits per heavy atom. The summed E-state index contributed by atoms with van der Waals surface area (Å²) in [5.74, 6) is -0.180. The molecule has 1 rings (SSSR count). The maximum atomic E-state index is 11.7. The number of hydrogen-bond acceptors (Lipinski definition) is 3. The van der Waals surface area contributed by atoms with Gasteiger partial charge in [-0.3, -0.25) is 9.59 Å². The van der Waals surface area contributed by atoms with Crippen LogP contribution in [-0.4, -0.2) is 25.9 Å². The van der Waals surface area contributed by atoms with Crippen molar-refractivity contribution >= 4 is 18.3 Å². The standard InChI is InChI=1S/C12H13N2O2/c1-13-9-14-12(16)11-7-3-2-5-10(11)6-4-8-15/h2-7,13H,9H2,1H3,(H,14,16)/b6-4+. The van der Waals surface area contributed by atoms with Crippen molar-refractivity contribution in [3.8, 4) is 0 Å². The summed E-state index contributed by atoms with van der Waals surface area (Å²) in [7, 11) is 1.74. The lowest BCUT2D eigenvalue weighted by Crippen LogP contribution is -2.32. The molecule has 0 aliphatic carbocycles. The summed E-state index contributed by atoms with van der Waals surface area (Å²) >= 11 is 0. The molecule has 1 amide bonds. The van der Waals surface area contributed by atoms with Crippen LogP contribution in [0, 0.1) is 0 Å². The highest BCUT2D eigenvalue weighted by Gasteiger charge is 2.07. The smallest absolute Gasteiger partial charge is 0.252 e. The van der Waals surface area contributed by atoms with Crippen molar-refractivity contribution in [3.05, 3.63) is 41.5 Å². The largest absolute Gasteiger partial charge is 0.339 e. The van der Waals surface area contributed by atoms with E-state index in [1.165, 1.54) is 6.08 Å². The lowest BCUT2D eigenvalue weighted by atomic mass is 10.1. The maximum absolute atomic E-state index is 11.7. The summed E-state index contributed by atoms with van der Waals surface area (Å²) in [6.07, 6.45) is 4.45. The molecule has 0 bridgehead atoms. The molecule has 0 heterocycles. The number of allylic oxidation sites excluding steroid dienone is 1. The quantitative estimate of drug-likeness (QED) is 0.564. The predicted molar refractivity (Wildman–Crippen MR) is 62.6 cm³/mol. The molecule has 0 fully saturated rings. The summed E-state index contributed by atoms with van der Waals surface area (Å²) in [6.45, 7) is 0.399. The molecule has 0 saturated carbocycles. The molecule has 0 aliphatic rings. The van der Waals surface area contributed by atoms with Crippen molar-refractivity contribution in [2.45, 2.75) is 0 Å². The number of carbonyl (C=O) groups excluding carboxylic acids is 2. The van der Waals surface area contributed by atoms with Crippen LogP contribution in [0.2, 0.25) is 0 Å². The minimum Gasteiger partial charge on any atom is -0.339 e. The van der Waals surface area contributed by atoms with Crippen molar-refractivity contribution in [3.63, 3.8) is 0 Å². The van der Waals surface area contributed by atoms with E-state index in [4.69, 9.17) is 0 Å². The van der Waals surface area contributed by atoms with Crippen molar-refractivity contribution < 1.29 is 9.59 Å². The van der Waals surface area contributed by atoms with Crippen LogP contribution in [-0.2, 0) is 4.79 Å². The summed E-state index contributed by atoms with van der Waals surface area (Å²) in [6, 6.07) is 7.05. The van der Waals surface area contributed by atoms with E-state index in [0.29, 0.717) is 17.8 Å². The maximum Gasteiger partial charge on any atom is 0.252 e. The summed E-state index contributed by atoms with van der Waals surface area (Å²) in [4.78, 5) is 21.8. The van der Waals surface area contributed by atoms with Crippen LogP contribution >= 0.6 is 0 Å². The first-order chi connectivity index (χ1) is 7.79. The molecule has 1 aromatic carbocycles. The number of amides is 1. The summed E-state index contributed by atoms with van der Waals surface area (Å²) < 4.78 is 0. The lowest BCUT2D eigenvalue weighted by Gasteiger charge is -2.06. The van der Waals surface area contributed by atoms with E-state index in [0.717, 1.165) is 0 Å². The van der Waals surface area contributed by atoms with Crippen molar-refractivity contribution in [2.24, 2.45) is 0 Å². The molecule has 83 valence electrons. The Balaban J connectivity index is 2.89. The minimum absolute atomic E-state index is 0.180. The second kappa shape index (κ2) is 6.53. The second-order valence-corrected chi connectivity index (χ2v) is 3.07. The molecule has 0 aliphatic heterocycles. The van der Waals surface area contributed by atoms with E-state index in [1.54, 1.807) is 43.7 Å². The van der Waals surface area contributed by atoms with Crippen molar-refractivity contribution in [1.82, 2.24) is 10.6 Å². The van der Waals surface area contributed by atoms with Gasteiger partial charge in [-0.2, -0.15) is 0 Å². The van der Waals surface area contributed by atoms with E-state index in [2.05, 4.69) is 10.6 Å². The number of nitrogens with one attached hydrogen (secondary N) is 2. The van der Waals surface area contributed by atoms with Gasteiger partial charge in [-0.15, -0.1) is 0 Å². The molecule has 2 N–H and O–H groups in total. The van der Waals surface area contributed by atoms with E-state index in [-0.39, 0.29) is 5.91 Å². The third kappa shape index (κ3) is 3.33. The van der Waals surface area contributed by atoms with E-state index < -0.39 is 0 Å². The first-order valence-corrected chi connectivity index (χ1v) is 4.85. The Labute approximate surface area is 94.4 Å². The van der Waals surface area contributed by atoms with Gasteiger partial charge in [0.05, 0.1) is 6.67 Å². The number of benzene rings is 1. The molecular formula is C12H13N2O2. The molecule has 0 saturated heterocycles. The molecule has 0 spiro atoms. The van der Waals surface area contributed by atoms with Gasteiger partial charge in [-0.05, 0) is 24.8 Å². The third-order valence-electron chi connectivity index (χ3n) is 1.96. The number of hydrogen-bond donors (Lipinski definition) is 2. The Morgan fingerprint density at radius 2 is 2.19 bits per heavy atom. The van der Waals surface area contributed by atoms with Gasteiger partial charge < -0.3 is 10.6 Å². The molecule has 0 aromatic heterocycles. The SMILES string of the molecule is CNCNC(=O)c1ccccc1/C=C/[C]=O. The fourth-order valence-corrected chi connectivity index (χ4v) is 1.24. The zero-order chi connectivity index (χ0) is 11.8. The van der Waals surface area contributed by atoms with Gasteiger partial charge in [0.2, 0.25) is 6.29 Å². The Hall–Kier alpha value is -1.94. The fraction of sp³-hybridized carbons (Fsp3) is 0.167. The van der Waals surface area contributed by atoms with Crippen LogP contribution in [0.4, 0.5) is 0 Å². The molecular weight excluding hydrogens is 204 g/mol. The van der Waals surface area contributed by atoms with E-state index in [1.807, 2.05) is 0 Å². The van der Waals surface area contributed by atoms with Gasteiger partial charge in [0.1, 0.15) is 0 Å². The average Bonchev–Trinajstić information content (AvgIpc) is 2.33. The summed E-state index contributed by atoms with van der Waals surface area (Å²) in [5, 5.41) is 5.50. The first kappa shape index (κ1) is 12.1. The van der Waals surface area contributed by atoms with Gasteiger partial charge in [0, 0.05) is 5.56 Å². The second-order valence-electron chi connectivity index (χ2n) is 3.07. The van der Waals surface area contributed by atoms with Gasteiger partial charge in [0.25, 0.3) is 5.91 Å². The van der Waals surface area contributed by atoms with E-state index in [9.17, 15) is 9.59 Å². The molecule has 0 unspecified atom stereocenters. The molecule has 4 heteroatoms. The van der Waals surface area contributed by atoms with Gasteiger partial charge in [-0.25, -0.2) is 0 Å². The highest BCUT2D eigenvalue weighted by atomic mass is 16.1. The van der Waals surface area contributed by atoms with Crippen LogP contribution in [0.3, 0.4) is 0 Å². The molecule has 16 heavy (non-hydrogen) atoms. The van der Waals surface area contributed by atoms with Crippen LogP contribution in [0.25, 0.3) is 6.08 Å². The molecule has 0 atom stereocenters. The molecule has 1 aromatic rings. The van der Waals surface area contributed by atoms with E-state index >= 15 is 0 Å². The minimum atomic E-state index is -0.180. The predicted octanol–water partition coefficient (Wildman–Crippen LogP) is 0.716. The van der Waals surface area contributed by atoms with Crippen LogP contribution in [0.15, 0.2) is 30.3 Å². The topological polar surface area (TPSA) is 58.2 Å². The third-order valence-corrected chi connectivity index (χ3v) is 1.96. The van der Waals surface area contributed by atoms with Crippen LogP contribution in [0.1, 0.15) is 15.9 Å². The number of rotatable bonds is 5. The summed E-state index contributed by atoms with van der Waals surface area (Å²) in [5.41, 5.74) is 1.23. The Kier molecular flexibility index (Phi) is 4.95. The molecule has 4 nitrogen and oxygen atoms in total. The average molecular weight is 217 g/mol.